The molecule has 1 rings (SSSR count). The summed E-state index contributed by atoms with van der Waals surface area (Å²) in [5, 5.41) is 21.4. The second-order valence-corrected chi connectivity index (χ2v) is 4.16. The Kier molecular flexibility index (Phi) is 5.07. The molecule has 0 aliphatic carbocycles. The van der Waals surface area contributed by atoms with Crippen LogP contribution in [0.5, 0.6) is 0 Å². The van der Waals surface area contributed by atoms with Crippen LogP contribution in [0.3, 0.4) is 0 Å². The first-order valence-corrected chi connectivity index (χ1v) is 5.60. The number of amides is 1. The van der Waals surface area contributed by atoms with Crippen molar-refractivity contribution in [3.05, 3.63) is 35.1 Å². The summed E-state index contributed by atoms with van der Waals surface area (Å²) in [4.78, 5) is 10.6. The van der Waals surface area contributed by atoms with Crippen molar-refractivity contribution in [3.63, 3.8) is 0 Å². The molecule has 0 saturated carbocycles. The summed E-state index contributed by atoms with van der Waals surface area (Å²) in [7, 11) is 0. The highest BCUT2D eigenvalue weighted by molar-refractivity contribution is 5.72. The van der Waals surface area contributed by atoms with E-state index in [4.69, 9.17) is 0 Å². The number of hydrogen-bond acceptors (Lipinski definition) is 3. The third-order valence-electron chi connectivity index (χ3n) is 2.58. The van der Waals surface area contributed by atoms with Crippen LogP contribution < -0.4 is 5.32 Å². The van der Waals surface area contributed by atoms with E-state index in [1.165, 1.54) is 0 Å². The van der Waals surface area contributed by atoms with Gasteiger partial charge in [-0.3, -0.25) is 4.79 Å². The van der Waals surface area contributed by atoms with Crippen LogP contribution in [0.1, 0.15) is 24.2 Å². The highest BCUT2D eigenvalue weighted by atomic mass is 19.4. The van der Waals surface area contributed by atoms with Crippen LogP contribution >= 0.6 is 0 Å². The Hall–Kier alpha value is -1.67. The third-order valence-corrected chi connectivity index (χ3v) is 2.58. The number of rotatable bonds is 4. The number of aliphatic hydroxyl groups is 2. The maximum absolute atomic E-state index is 13.7. The summed E-state index contributed by atoms with van der Waals surface area (Å²) in [5.74, 6) is -2.14. The van der Waals surface area contributed by atoms with Gasteiger partial charge in [0.05, 0.1) is 5.56 Å². The van der Waals surface area contributed by atoms with Crippen LogP contribution in [0.15, 0.2) is 18.2 Å². The van der Waals surface area contributed by atoms with Crippen LogP contribution in [-0.4, -0.2) is 28.8 Å². The average Bonchev–Trinajstić information content (AvgIpc) is 2.33. The number of benzene rings is 1. The van der Waals surface area contributed by atoms with Gasteiger partial charge < -0.3 is 15.5 Å². The van der Waals surface area contributed by atoms with Crippen molar-refractivity contribution in [2.75, 3.05) is 6.54 Å². The van der Waals surface area contributed by atoms with Gasteiger partial charge in [0.15, 0.2) is 0 Å². The summed E-state index contributed by atoms with van der Waals surface area (Å²) in [6, 6.07) is 2.40. The molecule has 0 heterocycles. The quantitative estimate of drug-likeness (QED) is 0.735. The molecule has 2 atom stereocenters. The molecule has 0 aromatic heterocycles. The zero-order valence-corrected chi connectivity index (χ0v) is 10.4. The Labute approximate surface area is 112 Å². The predicted molar refractivity (Wildman–Crippen MR) is 61.1 cm³/mol. The van der Waals surface area contributed by atoms with E-state index in [1.807, 2.05) is 0 Å². The molecule has 4 nitrogen and oxygen atoms in total. The van der Waals surface area contributed by atoms with Gasteiger partial charge in [-0.05, 0) is 6.07 Å². The first kappa shape index (κ1) is 16.4. The van der Waals surface area contributed by atoms with Crippen LogP contribution in [0, 0.1) is 5.82 Å². The fourth-order valence-corrected chi connectivity index (χ4v) is 1.56. The molecule has 3 N–H and O–H groups in total. The van der Waals surface area contributed by atoms with E-state index in [2.05, 4.69) is 5.32 Å². The minimum atomic E-state index is -4.90. The van der Waals surface area contributed by atoms with Crippen molar-refractivity contribution in [3.8, 4) is 0 Å². The summed E-state index contributed by atoms with van der Waals surface area (Å²) in [6.45, 7) is 0.746. The van der Waals surface area contributed by atoms with Gasteiger partial charge in [0, 0.05) is 19.0 Å². The lowest BCUT2D eigenvalue weighted by Gasteiger charge is -2.20. The fraction of sp³-hybridized carbons (Fsp3) is 0.417. The molecule has 20 heavy (non-hydrogen) atoms. The highest BCUT2D eigenvalue weighted by Crippen LogP contribution is 2.34. The molecule has 1 aromatic carbocycles. The zero-order valence-electron chi connectivity index (χ0n) is 10.4. The molecular formula is C12H13F4NO3. The lowest BCUT2D eigenvalue weighted by molar-refractivity contribution is -0.140. The maximum Gasteiger partial charge on any atom is 0.419 e. The van der Waals surface area contributed by atoms with Gasteiger partial charge >= 0.3 is 6.18 Å². The molecule has 2 unspecified atom stereocenters. The van der Waals surface area contributed by atoms with Crippen molar-refractivity contribution in [1.82, 2.24) is 5.32 Å². The largest absolute Gasteiger partial charge is 0.419 e. The molecule has 0 bridgehead atoms. The van der Waals surface area contributed by atoms with Crippen LogP contribution in [0.25, 0.3) is 0 Å². The van der Waals surface area contributed by atoms with Crippen molar-refractivity contribution in [2.24, 2.45) is 0 Å². The lowest BCUT2D eigenvalue weighted by Crippen LogP contribution is -2.34. The molecule has 1 aromatic rings. The summed E-state index contributed by atoms with van der Waals surface area (Å²) >= 11 is 0. The molecule has 0 aliphatic rings. The number of alkyl halides is 3. The molecular weight excluding hydrogens is 282 g/mol. The molecule has 0 spiro atoms. The van der Waals surface area contributed by atoms with E-state index in [0.717, 1.165) is 19.1 Å². The van der Waals surface area contributed by atoms with E-state index in [-0.39, 0.29) is 0 Å². The normalized spacial score (nSPS) is 14.8. The topological polar surface area (TPSA) is 69.6 Å². The highest BCUT2D eigenvalue weighted by Gasteiger charge is 2.36. The summed E-state index contributed by atoms with van der Waals surface area (Å²) < 4.78 is 51.2. The van der Waals surface area contributed by atoms with Gasteiger partial charge in [-0.2, -0.15) is 13.2 Å². The Morgan fingerprint density at radius 2 is 1.95 bits per heavy atom. The van der Waals surface area contributed by atoms with Gasteiger partial charge in [0.2, 0.25) is 5.91 Å². The monoisotopic (exact) mass is 295 g/mol. The Morgan fingerprint density at radius 1 is 1.35 bits per heavy atom. The number of nitrogens with one attached hydrogen (secondary N) is 1. The second kappa shape index (κ2) is 6.19. The predicted octanol–water partition coefficient (Wildman–Crippen LogP) is 1.37. The van der Waals surface area contributed by atoms with Gasteiger partial charge in [0.25, 0.3) is 0 Å². The molecule has 1 amide bonds. The Balaban J connectivity index is 2.99. The SMILES string of the molecule is CC(=O)NCC(O)C(O)c1cccc(C(F)(F)F)c1F. The molecule has 8 heteroatoms. The first-order valence-electron chi connectivity index (χ1n) is 5.60. The number of halogens is 4. The summed E-state index contributed by atoms with van der Waals surface area (Å²) in [6.07, 6.45) is -8.41. The zero-order chi connectivity index (χ0) is 15.5. The van der Waals surface area contributed by atoms with E-state index >= 15 is 0 Å². The van der Waals surface area contributed by atoms with E-state index in [9.17, 15) is 32.6 Å². The van der Waals surface area contributed by atoms with Crippen molar-refractivity contribution < 1.29 is 32.6 Å². The summed E-state index contributed by atoms with van der Waals surface area (Å²) in [5.41, 5.74) is -2.21. The molecule has 0 radical (unpaired) electrons. The molecule has 0 aliphatic heterocycles. The van der Waals surface area contributed by atoms with Gasteiger partial charge in [-0.15, -0.1) is 0 Å². The maximum atomic E-state index is 13.7. The average molecular weight is 295 g/mol. The van der Waals surface area contributed by atoms with Gasteiger partial charge in [0.1, 0.15) is 18.0 Å². The minimum Gasteiger partial charge on any atom is -0.388 e. The van der Waals surface area contributed by atoms with Crippen LogP contribution in [0.4, 0.5) is 17.6 Å². The number of carbonyl (C=O) groups is 1. The molecule has 112 valence electrons. The fourth-order valence-electron chi connectivity index (χ4n) is 1.56. The smallest absolute Gasteiger partial charge is 0.388 e. The van der Waals surface area contributed by atoms with E-state index in [0.29, 0.717) is 6.07 Å². The number of hydrogen-bond donors (Lipinski definition) is 3. The third kappa shape index (κ3) is 3.91. The van der Waals surface area contributed by atoms with E-state index in [1.54, 1.807) is 0 Å². The van der Waals surface area contributed by atoms with Crippen LogP contribution in [-0.2, 0) is 11.0 Å². The number of carbonyl (C=O) groups excluding carboxylic acids is 1. The van der Waals surface area contributed by atoms with Crippen molar-refractivity contribution in [1.29, 1.82) is 0 Å². The van der Waals surface area contributed by atoms with Gasteiger partial charge in [-0.1, -0.05) is 12.1 Å². The minimum absolute atomic E-state index is 0.411. The van der Waals surface area contributed by atoms with Crippen LogP contribution in [0.2, 0.25) is 0 Å². The van der Waals surface area contributed by atoms with Crippen molar-refractivity contribution in [2.45, 2.75) is 25.3 Å². The first-order chi connectivity index (χ1) is 9.14. The lowest BCUT2D eigenvalue weighted by atomic mass is 10.0. The molecule has 0 saturated heterocycles. The number of aliphatic hydroxyl groups excluding tert-OH is 2. The standard InChI is InChI=1S/C12H13F4NO3/c1-6(18)17-5-9(19)11(20)7-3-2-4-8(10(7)13)12(14,15)16/h2-4,9,11,19-20H,5H2,1H3,(H,17,18). The van der Waals surface area contributed by atoms with Crippen molar-refractivity contribution >= 4 is 5.91 Å². The molecule has 0 fully saturated rings. The Bertz CT molecular complexity index is 490. The Morgan fingerprint density at radius 3 is 2.45 bits per heavy atom. The van der Waals surface area contributed by atoms with E-state index < -0.39 is 47.8 Å². The second-order valence-electron chi connectivity index (χ2n) is 4.16. The van der Waals surface area contributed by atoms with Gasteiger partial charge in [-0.25, -0.2) is 4.39 Å².